The molecule has 1 unspecified atom stereocenters. The summed E-state index contributed by atoms with van der Waals surface area (Å²) in [4.78, 5) is 25.8. The van der Waals surface area contributed by atoms with Gasteiger partial charge in [-0.05, 0) is 75.6 Å². The normalized spacial score (nSPS) is 22.9. The molecule has 3 rings (SSSR count). The van der Waals surface area contributed by atoms with Gasteiger partial charge in [0.05, 0.1) is 5.60 Å². The van der Waals surface area contributed by atoms with E-state index >= 15 is 0 Å². The molecule has 1 aromatic carbocycles. The number of rotatable bonds is 11. The quantitative estimate of drug-likeness (QED) is 0.293. The van der Waals surface area contributed by atoms with Gasteiger partial charge >= 0.3 is 12.1 Å². The van der Waals surface area contributed by atoms with Crippen LogP contribution in [0.3, 0.4) is 0 Å². The molecule has 2 aliphatic rings. The number of likely N-dealkylation sites (tertiary alicyclic amines) is 1. The molecule has 2 fully saturated rings. The van der Waals surface area contributed by atoms with E-state index in [-0.39, 0.29) is 31.0 Å². The Morgan fingerprint density at radius 3 is 2.83 bits per heavy atom. The minimum atomic E-state index is -1.38. The molecule has 3 amide bonds. The summed E-state index contributed by atoms with van der Waals surface area (Å²) in [6.45, 7) is 3.28. The zero-order valence-corrected chi connectivity index (χ0v) is 21.2. The van der Waals surface area contributed by atoms with Gasteiger partial charge in [-0.2, -0.15) is 0 Å². The molecule has 4 atom stereocenters. The Balaban J connectivity index is 1.68. The van der Waals surface area contributed by atoms with E-state index in [2.05, 4.69) is 16.0 Å². The minimum Gasteiger partial charge on any atom is -0.465 e. The van der Waals surface area contributed by atoms with Gasteiger partial charge < -0.3 is 35.8 Å². The fourth-order valence-electron chi connectivity index (χ4n) is 5.55. The second-order valence-electron chi connectivity index (χ2n) is 10.1. The Morgan fingerprint density at radius 2 is 2.14 bits per heavy atom. The number of piperidine rings is 1. The number of hydrogen-bond acceptors (Lipinski definition) is 5. The van der Waals surface area contributed by atoms with Crippen molar-refractivity contribution in [2.45, 2.75) is 56.6 Å². The van der Waals surface area contributed by atoms with E-state index in [1.54, 1.807) is 17.0 Å². The Kier molecular flexibility index (Phi) is 10.8. The van der Waals surface area contributed by atoms with Crippen molar-refractivity contribution in [2.24, 2.45) is 11.8 Å². The molecule has 0 aliphatic carbocycles. The first-order valence-corrected chi connectivity index (χ1v) is 13.0. The summed E-state index contributed by atoms with van der Waals surface area (Å²) in [6.07, 6.45) is 3.89. The van der Waals surface area contributed by atoms with E-state index in [9.17, 15) is 19.1 Å². The Morgan fingerprint density at radius 1 is 1.31 bits per heavy atom. The molecule has 0 spiro atoms. The van der Waals surface area contributed by atoms with Crippen LogP contribution in [0, 0.1) is 17.7 Å². The third-order valence-corrected chi connectivity index (χ3v) is 7.37. The third kappa shape index (κ3) is 8.04. The average Bonchev–Trinajstić information content (AvgIpc) is 2.87. The van der Waals surface area contributed by atoms with Crippen LogP contribution in [0.15, 0.2) is 24.3 Å². The highest BCUT2D eigenvalue weighted by atomic mass is 19.1. The molecule has 2 saturated heterocycles. The number of urea groups is 1. The molecule has 5 N–H and O–H groups in total. The van der Waals surface area contributed by atoms with Crippen LogP contribution in [0.25, 0.3) is 0 Å². The SMILES string of the molecule is CNC[C@H](C[C@H]1CCCOC1)NC(=O)N1CCCC([C@@](O)(CCCNC(=O)O)c2cccc(F)c2)C1. The number of benzene rings is 1. The molecule has 1 aromatic rings. The lowest BCUT2D eigenvalue weighted by atomic mass is 9.74. The highest BCUT2D eigenvalue weighted by molar-refractivity contribution is 5.74. The fraction of sp³-hybridized carbons (Fsp3) is 0.692. The molecule has 2 aliphatic heterocycles. The summed E-state index contributed by atoms with van der Waals surface area (Å²) in [5.74, 6) is -0.330. The first-order chi connectivity index (χ1) is 17.3. The maximum Gasteiger partial charge on any atom is 0.404 e. The minimum absolute atomic E-state index is 0.0289. The smallest absolute Gasteiger partial charge is 0.404 e. The monoisotopic (exact) mass is 508 g/mol. The van der Waals surface area contributed by atoms with Gasteiger partial charge in [0.2, 0.25) is 0 Å². The van der Waals surface area contributed by atoms with Gasteiger partial charge in [0.1, 0.15) is 5.82 Å². The summed E-state index contributed by atoms with van der Waals surface area (Å²) in [7, 11) is 1.87. The van der Waals surface area contributed by atoms with Crippen LogP contribution >= 0.6 is 0 Å². The molecule has 0 radical (unpaired) electrons. The lowest BCUT2D eigenvalue weighted by molar-refractivity contribution is -0.0554. The molecular formula is C26H41FN4O5. The second kappa shape index (κ2) is 13.8. The van der Waals surface area contributed by atoms with Crippen LogP contribution in [-0.2, 0) is 10.3 Å². The highest BCUT2D eigenvalue weighted by Crippen LogP contribution is 2.39. The van der Waals surface area contributed by atoms with Crippen molar-refractivity contribution >= 4 is 12.1 Å². The van der Waals surface area contributed by atoms with Gasteiger partial charge in [0.25, 0.3) is 0 Å². The summed E-state index contributed by atoms with van der Waals surface area (Å²) in [5, 5.41) is 29.4. The van der Waals surface area contributed by atoms with Gasteiger partial charge in [-0.15, -0.1) is 0 Å². The fourth-order valence-corrected chi connectivity index (χ4v) is 5.55. The number of aliphatic hydroxyl groups is 1. The Labute approximate surface area is 212 Å². The number of carboxylic acid groups (broad SMARTS) is 1. The van der Waals surface area contributed by atoms with E-state index in [4.69, 9.17) is 9.84 Å². The first-order valence-electron chi connectivity index (χ1n) is 13.0. The number of amides is 3. The maximum absolute atomic E-state index is 14.1. The van der Waals surface area contributed by atoms with E-state index in [0.717, 1.165) is 38.9 Å². The number of nitrogens with one attached hydrogen (secondary N) is 3. The number of hydrogen-bond donors (Lipinski definition) is 5. The van der Waals surface area contributed by atoms with Gasteiger partial charge in [-0.1, -0.05) is 12.1 Å². The average molecular weight is 509 g/mol. The third-order valence-electron chi connectivity index (χ3n) is 7.37. The molecule has 0 saturated carbocycles. The zero-order chi connectivity index (χ0) is 26.0. The van der Waals surface area contributed by atoms with Crippen molar-refractivity contribution in [1.82, 2.24) is 20.9 Å². The Hall–Kier alpha value is -2.43. The van der Waals surface area contributed by atoms with E-state index < -0.39 is 17.5 Å². The van der Waals surface area contributed by atoms with Crippen LogP contribution < -0.4 is 16.0 Å². The van der Waals surface area contributed by atoms with Crippen LogP contribution in [-0.4, -0.2) is 79.7 Å². The molecular weight excluding hydrogens is 467 g/mol. The van der Waals surface area contributed by atoms with E-state index in [1.807, 2.05) is 7.05 Å². The standard InChI is InChI=1S/C26H41FN4O5/c1-28-16-23(14-19-6-4-13-36-18-19)30-24(32)31-12-3-8-21(17-31)26(35,10-5-11-29-25(33)34)20-7-2-9-22(27)15-20/h2,7,9,15,19,21,23,28-29,35H,3-6,8,10-14,16-18H2,1H3,(H,30,32)(H,33,34)/t19-,21?,23+,26-/m1/s1. The van der Waals surface area contributed by atoms with Crippen LogP contribution in [0.4, 0.5) is 14.0 Å². The maximum atomic E-state index is 14.1. The number of ether oxygens (including phenoxy) is 1. The predicted octanol–water partition coefficient (Wildman–Crippen LogP) is 2.89. The lowest BCUT2D eigenvalue weighted by Crippen LogP contribution is -2.54. The predicted molar refractivity (Wildman–Crippen MR) is 134 cm³/mol. The van der Waals surface area contributed by atoms with E-state index in [1.165, 1.54) is 12.1 Å². The first kappa shape index (κ1) is 28.1. The van der Waals surface area contributed by atoms with Crippen LogP contribution in [0.1, 0.15) is 50.5 Å². The number of carbonyl (C=O) groups excluding carboxylic acids is 1. The van der Waals surface area contributed by atoms with Gasteiger partial charge in [-0.3, -0.25) is 0 Å². The van der Waals surface area contributed by atoms with Gasteiger partial charge in [0, 0.05) is 51.4 Å². The van der Waals surface area contributed by atoms with Crippen molar-refractivity contribution in [2.75, 3.05) is 46.4 Å². The van der Waals surface area contributed by atoms with Crippen molar-refractivity contribution in [3.05, 3.63) is 35.6 Å². The topological polar surface area (TPSA) is 123 Å². The number of carbonyl (C=O) groups is 2. The van der Waals surface area contributed by atoms with Gasteiger partial charge in [0.15, 0.2) is 0 Å². The Bertz CT molecular complexity index is 853. The largest absolute Gasteiger partial charge is 0.465 e. The van der Waals surface area contributed by atoms with Crippen molar-refractivity contribution in [1.29, 1.82) is 0 Å². The summed E-state index contributed by atoms with van der Waals surface area (Å²) >= 11 is 0. The van der Waals surface area contributed by atoms with Gasteiger partial charge in [-0.25, -0.2) is 14.0 Å². The number of likely N-dealkylation sites (N-methyl/N-ethyl adjacent to an activating group) is 1. The van der Waals surface area contributed by atoms with Crippen LogP contribution in [0.2, 0.25) is 0 Å². The van der Waals surface area contributed by atoms with Crippen molar-refractivity contribution in [3.63, 3.8) is 0 Å². The lowest BCUT2D eigenvalue weighted by Gasteiger charge is -2.43. The summed E-state index contributed by atoms with van der Waals surface area (Å²) < 4.78 is 19.7. The summed E-state index contributed by atoms with van der Waals surface area (Å²) in [6, 6.07) is 5.73. The molecule has 10 heteroatoms. The van der Waals surface area contributed by atoms with Crippen molar-refractivity contribution < 1.29 is 28.9 Å². The number of halogens is 1. The molecule has 2 heterocycles. The molecule has 0 bridgehead atoms. The van der Waals surface area contributed by atoms with Crippen LogP contribution in [0.5, 0.6) is 0 Å². The zero-order valence-electron chi connectivity index (χ0n) is 21.2. The molecule has 36 heavy (non-hydrogen) atoms. The second-order valence-corrected chi connectivity index (χ2v) is 10.1. The van der Waals surface area contributed by atoms with Crippen molar-refractivity contribution in [3.8, 4) is 0 Å². The highest BCUT2D eigenvalue weighted by Gasteiger charge is 2.41. The summed E-state index contributed by atoms with van der Waals surface area (Å²) in [5.41, 5.74) is -0.930. The van der Waals surface area contributed by atoms with E-state index in [0.29, 0.717) is 44.0 Å². The number of nitrogens with zero attached hydrogens (tertiary/aromatic N) is 1. The molecule has 9 nitrogen and oxygen atoms in total. The molecule has 0 aromatic heterocycles. The molecule has 202 valence electrons.